The van der Waals surface area contributed by atoms with Crippen LogP contribution in [-0.2, 0) is 32.3 Å². The summed E-state index contributed by atoms with van der Waals surface area (Å²) in [6.45, 7) is 11.2. The third-order valence-electron chi connectivity index (χ3n) is 1.90. The van der Waals surface area contributed by atoms with Crippen molar-refractivity contribution in [3.63, 3.8) is 0 Å². The summed E-state index contributed by atoms with van der Waals surface area (Å²) in [7, 11) is 0. The molecule has 0 aromatic carbocycles. The number of aromatic amines is 1. The van der Waals surface area contributed by atoms with Gasteiger partial charge in [-0.25, -0.2) is 12.2 Å². The van der Waals surface area contributed by atoms with Crippen LogP contribution in [0.4, 0.5) is 0 Å². The molecule has 0 unspecified atom stereocenters. The van der Waals surface area contributed by atoms with E-state index in [1.54, 1.807) is 6.08 Å². The molecular formula is C13H19NRu. The van der Waals surface area contributed by atoms with Gasteiger partial charge in [-0.05, 0) is 0 Å². The second-order valence-electron chi connectivity index (χ2n) is 2.84. The SMILES string of the molecule is CCc1[c-][nH]cc1CC.[CH-]=CC=CC.[Ru+2]. The van der Waals surface area contributed by atoms with Gasteiger partial charge in [-0.1, -0.05) is 33.6 Å². The average molecular weight is 290 g/mol. The molecule has 0 amide bonds. The molecule has 1 rings (SSSR count). The molecule has 1 aromatic heterocycles. The summed E-state index contributed by atoms with van der Waals surface area (Å²) in [6, 6.07) is 0. The predicted octanol–water partition coefficient (Wildman–Crippen LogP) is 3.49. The van der Waals surface area contributed by atoms with Crippen molar-refractivity contribution in [3.05, 3.63) is 48.3 Å². The molecule has 0 radical (unpaired) electrons. The molecule has 0 atom stereocenters. The third kappa shape index (κ3) is 7.33. The normalized spacial score (nSPS) is 9.00. The van der Waals surface area contributed by atoms with Crippen molar-refractivity contribution in [1.29, 1.82) is 0 Å². The minimum Gasteiger partial charge on any atom is -0.484 e. The standard InChI is InChI=1S/C8H12N.C5H7.Ru/c1-3-7-5-9-6-8(7)4-2;1-3-5-4-2;/h5,9H,3-4H2,1-2H3;1,3-5H,2H3;/q2*-1;+2. The summed E-state index contributed by atoms with van der Waals surface area (Å²) in [6.07, 6.45) is 12.5. The maximum absolute atomic E-state index is 4.93. The van der Waals surface area contributed by atoms with Gasteiger partial charge in [-0.15, -0.1) is 12.4 Å². The number of rotatable bonds is 3. The molecule has 0 aliphatic carbocycles. The average Bonchev–Trinajstić information content (AvgIpc) is 2.67. The predicted molar refractivity (Wildman–Crippen MR) is 62.1 cm³/mol. The van der Waals surface area contributed by atoms with Crippen LogP contribution >= 0.6 is 0 Å². The molecule has 1 aromatic rings. The summed E-state index contributed by atoms with van der Waals surface area (Å²) >= 11 is 0. The number of hydrogen-bond acceptors (Lipinski definition) is 0. The quantitative estimate of drug-likeness (QED) is 0.498. The molecule has 84 valence electrons. The fraction of sp³-hybridized carbons (Fsp3) is 0.385. The molecule has 0 saturated heterocycles. The Balaban J connectivity index is 0. The van der Waals surface area contributed by atoms with Gasteiger partial charge in [0.05, 0.1) is 0 Å². The molecule has 15 heavy (non-hydrogen) atoms. The summed E-state index contributed by atoms with van der Waals surface area (Å²) in [4.78, 5) is 2.98. The summed E-state index contributed by atoms with van der Waals surface area (Å²) in [5.74, 6) is 0. The van der Waals surface area contributed by atoms with Gasteiger partial charge in [0.25, 0.3) is 0 Å². The van der Waals surface area contributed by atoms with Gasteiger partial charge in [0.2, 0.25) is 0 Å². The van der Waals surface area contributed by atoms with E-state index in [1.165, 1.54) is 17.2 Å². The van der Waals surface area contributed by atoms with Crippen LogP contribution in [0.5, 0.6) is 0 Å². The first kappa shape index (κ1) is 16.8. The van der Waals surface area contributed by atoms with Gasteiger partial charge in [0, 0.05) is 0 Å². The van der Waals surface area contributed by atoms with Gasteiger partial charge in [-0.3, -0.25) is 6.58 Å². The largest absolute Gasteiger partial charge is 2.00 e. The van der Waals surface area contributed by atoms with Crippen molar-refractivity contribution < 1.29 is 19.5 Å². The Kier molecular flexibility index (Phi) is 12.8. The molecule has 2 heteroatoms. The van der Waals surface area contributed by atoms with Crippen molar-refractivity contribution >= 4 is 0 Å². The van der Waals surface area contributed by atoms with Crippen LogP contribution in [0.3, 0.4) is 0 Å². The Morgan fingerprint density at radius 2 is 2.07 bits per heavy atom. The van der Waals surface area contributed by atoms with Crippen LogP contribution in [0.25, 0.3) is 0 Å². The number of hydrogen-bond donors (Lipinski definition) is 1. The first-order valence-electron chi connectivity index (χ1n) is 5.03. The minimum atomic E-state index is 0. The first-order chi connectivity index (χ1) is 6.79. The molecular weight excluding hydrogens is 271 g/mol. The maximum atomic E-state index is 4.93. The number of aryl methyl sites for hydroxylation is 2. The van der Waals surface area contributed by atoms with E-state index in [-0.39, 0.29) is 19.5 Å². The number of aromatic nitrogens is 1. The van der Waals surface area contributed by atoms with Gasteiger partial charge >= 0.3 is 19.5 Å². The number of H-pyrrole nitrogens is 1. The summed E-state index contributed by atoms with van der Waals surface area (Å²) < 4.78 is 0. The van der Waals surface area contributed by atoms with Crippen molar-refractivity contribution in [2.45, 2.75) is 33.6 Å². The maximum Gasteiger partial charge on any atom is 2.00 e. The summed E-state index contributed by atoms with van der Waals surface area (Å²) in [5, 5.41) is 0. The number of nitrogens with one attached hydrogen (secondary N) is 1. The summed E-state index contributed by atoms with van der Waals surface area (Å²) in [5.41, 5.74) is 2.73. The van der Waals surface area contributed by atoms with Crippen molar-refractivity contribution in [1.82, 2.24) is 4.98 Å². The second kappa shape index (κ2) is 11.5. The molecule has 0 fully saturated rings. The number of allylic oxidation sites excluding steroid dienone is 3. The second-order valence-corrected chi connectivity index (χ2v) is 2.84. The van der Waals surface area contributed by atoms with Crippen molar-refractivity contribution in [2.75, 3.05) is 0 Å². The smallest absolute Gasteiger partial charge is 0.484 e. The van der Waals surface area contributed by atoms with Crippen LogP contribution in [-0.4, -0.2) is 4.98 Å². The van der Waals surface area contributed by atoms with E-state index in [9.17, 15) is 0 Å². The van der Waals surface area contributed by atoms with Gasteiger partial charge in [-0.2, -0.15) is 17.2 Å². The molecule has 0 aliphatic rings. The Bertz CT molecular complexity index is 255. The Morgan fingerprint density at radius 3 is 2.33 bits per heavy atom. The van der Waals surface area contributed by atoms with Crippen LogP contribution in [0.15, 0.2) is 24.4 Å². The van der Waals surface area contributed by atoms with Crippen LogP contribution in [0.1, 0.15) is 31.9 Å². The van der Waals surface area contributed by atoms with E-state index in [0.29, 0.717) is 0 Å². The molecule has 1 N–H and O–H groups in total. The Hall–Kier alpha value is -0.617. The fourth-order valence-corrected chi connectivity index (χ4v) is 1.12. The van der Waals surface area contributed by atoms with Gasteiger partial charge < -0.3 is 4.98 Å². The van der Waals surface area contributed by atoms with Crippen molar-refractivity contribution in [2.24, 2.45) is 0 Å². The minimum absolute atomic E-state index is 0. The topological polar surface area (TPSA) is 15.8 Å². The van der Waals surface area contributed by atoms with Crippen LogP contribution in [0.2, 0.25) is 0 Å². The van der Waals surface area contributed by atoms with Gasteiger partial charge in [0.1, 0.15) is 0 Å². The van der Waals surface area contributed by atoms with E-state index in [0.717, 1.165) is 12.8 Å². The molecule has 1 nitrogen and oxygen atoms in total. The zero-order chi connectivity index (χ0) is 10.8. The fourth-order valence-electron chi connectivity index (χ4n) is 1.12. The molecule has 1 heterocycles. The molecule has 0 aliphatic heterocycles. The Morgan fingerprint density at radius 1 is 1.40 bits per heavy atom. The molecule has 0 saturated carbocycles. The van der Waals surface area contributed by atoms with Crippen LogP contribution in [0, 0.1) is 12.8 Å². The van der Waals surface area contributed by atoms with E-state index in [2.05, 4.69) is 25.0 Å². The molecule has 0 spiro atoms. The van der Waals surface area contributed by atoms with Crippen molar-refractivity contribution in [3.8, 4) is 0 Å². The van der Waals surface area contributed by atoms with E-state index < -0.39 is 0 Å². The van der Waals surface area contributed by atoms with Crippen LogP contribution < -0.4 is 0 Å². The van der Waals surface area contributed by atoms with Gasteiger partial charge in [0.15, 0.2) is 0 Å². The van der Waals surface area contributed by atoms with E-state index >= 15 is 0 Å². The third-order valence-corrected chi connectivity index (χ3v) is 1.90. The first-order valence-corrected chi connectivity index (χ1v) is 5.03. The van der Waals surface area contributed by atoms with E-state index in [4.69, 9.17) is 6.58 Å². The van der Waals surface area contributed by atoms with E-state index in [1.807, 2.05) is 19.2 Å². The monoisotopic (exact) mass is 291 g/mol. The zero-order valence-corrected chi connectivity index (χ0v) is 11.4. The zero-order valence-electron chi connectivity index (χ0n) is 9.65. The Labute approximate surface area is 106 Å². The molecule has 0 bridgehead atoms.